The van der Waals surface area contributed by atoms with Crippen molar-refractivity contribution in [2.75, 3.05) is 9.80 Å². The molecule has 0 fully saturated rings. The summed E-state index contributed by atoms with van der Waals surface area (Å²) in [5, 5.41) is 8.68. The highest BCUT2D eigenvalue weighted by molar-refractivity contribution is 6.21. The van der Waals surface area contributed by atoms with Gasteiger partial charge in [0.1, 0.15) is 22.3 Å². The van der Waals surface area contributed by atoms with Crippen LogP contribution in [0.1, 0.15) is 101 Å². The van der Waals surface area contributed by atoms with Gasteiger partial charge in [-0.25, -0.2) is 0 Å². The molecule has 0 unspecified atom stereocenters. The van der Waals surface area contributed by atoms with Crippen LogP contribution < -0.4 is 9.80 Å². The Kier molecular flexibility index (Phi) is 10.2. The number of furan rings is 2. The minimum Gasteiger partial charge on any atom is -0.455 e. The van der Waals surface area contributed by atoms with Gasteiger partial charge in [-0.1, -0.05) is 116 Å². The summed E-state index contributed by atoms with van der Waals surface area (Å²) in [6, 6.07) is 62.6. The van der Waals surface area contributed by atoms with E-state index in [0.29, 0.717) is 23.7 Å². The van der Waals surface area contributed by atoms with Crippen LogP contribution in [0.4, 0.5) is 34.1 Å². The lowest BCUT2D eigenvalue weighted by atomic mass is 10.0. The smallest absolute Gasteiger partial charge is 0.143 e. The van der Waals surface area contributed by atoms with Crippen molar-refractivity contribution < 1.29 is 8.83 Å². The summed E-state index contributed by atoms with van der Waals surface area (Å²) in [6.45, 7) is 17.9. The van der Waals surface area contributed by atoms with Crippen LogP contribution in [0.5, 0.6) is 0 Å². The summed E-state index contributed by atoms with van der Waals surface area (Å²) in [7, 11) is 0. The Morgan fingerprint density at radius 2 is 0.545 bits per heavy atom. The minimum atomic E-state index is 0.468. The van der Waals surface area contributed by atoms with E-state index in [1.165, 1.54) is 22.3 Å². The Morgan fingerprint density at radius 1 is 0.273 bits per heavy atom. The molecule has 0 spiro atoms. The molecule has 11 rings (SSSR count). The van der Waals surface area contributed by atoms with Gasteiger partial charge in [-0.05, 0) is 166 Å². The van der Waals surface area contributed by atoms with Crippen molar-refractivity contribution in [1.29, 1.82) is 0 Å². The Balaban J connectivity index is 0.975. The fourth-order valence-electron chi connectivity index (χ4n) is 9.80. The van der Waals surface area contributed by atoms with Gasteiger partial charge in [-0.3, -0.25) is 0 Å². The van der Waals surface area contributed by atoms with E-state index >= 15 is 0 Å². The number of rotatable bonds is 10. The predicted molar refractivity (Wildman–Crippen MR) is 282 cm³/mol. The lowest BCUT2D eigenvalue weighted by Gasteiger charge is -2.26. The molecule has 9 aromatic carbocycles. The first-order chi connectivity index (χ1) is 32.0. The Labute approximate surface area is 387 Å². The van der Waals surface area contributed by atoms with Crippen molar-refractivity contribution in [3.63, 3.8) is 0 Å². The van der Waals surface area contributed by atoms with Crippen LogP contribution in [-0.4, -0.2) is 0 Å². The Bertz CT molecular complexity index is 3230. The maximum atomic E-state index is 6.83. The lowest BCUT2D eigenvalue weighted by Crippen LogP contribution is -2.10. The maximum Gasteiger partial charge on any atom is 0.143 e. The van der Waals surface area contributed by atoms with Gasteiger partial charge >= 0.3 is 0 Å². The zero-order chi connectivity index (χ0) is 45.4. The molecular formula is C62H56N2O2. The summed E-state index contributed by atoms with van der Waals surface area (Å²) in [5.41, 5.74) is 15.5. The molecule has 0 radical (unpaired) electrons. The highest BCUT2D eigenvalue weighted by Gasteiger charge is 2.20. The fourth-order valence-corrected chi connectivity index (χ4v) is 9.80. The Hall–Kier alpha value is -7.30. The fraction of sp³-hybridized carbons (Fsp3) is 0.194. The molecule has 4 heteroatoms. The highest BCUT2D eigenvalue weighted by Crippen LogP contribution is 2.44. The van der Waals surface area contributed by atoms with Gasteiger partial charge in [-0.15, -0.1) is 0 Å². The van der Waals surface area contributed by atoms with Crippen LogP contribution in [0.3, 0.4) is 0 Å². The molecule has 0 saturated carbocycles. The molecule has 0 aliphatic carbocycles. The summed E-state index contributed by atoms with van der Waals surface area (Å²) in [6.07, 6.45) is 0. The molecule has 0 amide bonds. The monoisotopic (exact) mass is 860 g/mol. The molecule has 0 saturated heterocycles. The van der Waals surface area contributed by atoms with E-state index in [1.807, 2.05) is 0 Å². The van der Waals surface area contributed by atoms with Gasteiger partial charge in [0.25, 0.3) is 0 Å². The third kappa shape index (κ3) is 7.16. The van der Waals surface area contributed by atoms with E-state index in [2.05, 4.69) is 235 Å². The highest BCUT2D eigenvalue weighted by atomic mass is 16.3. The first-order valence-corrected chi connectivity index (χ1v) is 23.7. The first-order valence-electron chi connectivity index (χ1n) is 23.7. The van der Waals surface area contributed by atoms with Crippen molar-refractivity contribution in [1.82, 2.24) is 0 Å². The number of nitrogens with zero attached hydrogens (tertiary/aromatic N) is 2. The third-order valence-electron chi connectivity index (χ3n) is 13.8. The van der Waals surface area contributed by atoms with Gasteiger partial charge < -0.3 is 18.6 Å². The molecule has 66 heavy (non-hydrogen) atoms. The van der Waals surface area contributed by atoms with E-state index in [1.54, 1.807) is 0 Å². The molecular weight excluding hydrogens is 805 g/mol. The Morgan fingerprint density at radius 3 is 0.833 bits per heavy atom. The van der Waals surface area contributed by atoms with E-state index in [9.17, 15) is 0 Å². The largest absolute Gasteiger partial charge is 0.455 e. The van der Waals surface area contributed by atoms with Crippen molar-refractivity contribution in [3.05, 3.63) is 192 Å². The zero-order valence-corrected chi connectivity index (χ0v) is 39.2. The predicted octanol–water partition coefficient (Wildman–Crippen LogP) is 19.2. The van der Waals surface area contributed by atoms with Gasteiger partial charge in [0, 0.05) is 66.4 Å². The lowest BCUT2D eigenvalue weighted by molar-refractivity contribution is 0.667. The third-order valence-corrected chi connectivity index (χ3v) is 13.8. The van der Waals surface area contributed by atoms with E-state index in [4.69, 9.17) is 8.83 Å². The van der Waals surface area contributed by atoms with Crippen LogP contribution >= 0.6 is 0 Å². The number of fused-ring (bicyclic) bond motifs is 10. The van der Waals surface area contributed by atoms with Gasteiger partial charge in [0.2, 0.25) is 0 Å². The minimum absolute atomic E-state index is 0.468. The van der Waals surface area contributed by atoms with Crippen LogP contribution in [0.25, 0.3) is 65.4 Å². The first kappa shape index (κ1) is 41.4. The normalized spacial score (nSPS) is 12.2. The number of anilines is 6. The molecule has 0 aliphatic rings. The topological polar surface area (TPSA) is 32.8 Å². The summed E-state index contributed by atoms with van der Waals surface area (Å²) in [4.78, 5) is 4.71. The van der Waals surface area contributed by atoms with Crippen LogP contribution in [-0.2, 0) is 0 Å². The summed E-state index contributed by atoms with van der Waals surface area (Å²) < 4.78 is 13.7. The van der Waals surface area contributed by atoms with Gasteiger partial charge in [-0.2, -0.15) is 0 Å². The average Bonchev–Trinajstić information content (AvgIpc) is 3.89. The molecule has 11 aromatic rings. The van der Waals surface area contributed by atoms with Crippen molar-refractivity contribution >= 4 is 99.5 Å². The number of benzene rings is 9. The summed E-state index contributed by atoms with van der Waals surface area (Å²) >= 11 is 0. The molecule has 0 aliphatic heterocycles. The van der Waals surface area contributed by atoms with E-state index in [-0.39, 0.29) is 0 Å². The van der Waals surface area contributed by atoms with Gasteiger partial charge in [0.15, 0.2) is 0 Å². The number of hydrogen-bond acceptors (Lipinski definition) is 4. The molecule has 2 heterocycles. The number of hydrogen-bond donors (Lipinski definition) is 0. The molecule has 0 N–H and O–H groups in total. The van der Waals surface area contributed by atoms with Crippen molar-refractivity contribution in [2.45, 2.75) is 79.1 Å². The molecule has 326 valence electrons. The van der Waals surface area contributed by atoms with E-state index in [0.717, 1.165) is 99.5 Å². The zero-order valence-electron chi connectivity index (χ0n) is 39.2. The standard InChI is InChI=1S/C62H56N2O2/c1-37(2)41-9-19-47(20-10-41)63(48-21-11-42(12-22-48)38(3)4)51-27-31-53-45(33-51)17-29-55-57-35-60-58(36-59(57)65-61(53)55)56-30-18-46-34-52(28-32-54(46)62(56)66-60)64(49-23-13-43(14-24-49)39(5)6)50-25-15-44(16-26-50)40(7)8/h9-40H,1-8H3. The second kappa shape index (κ2) is 16.3. The molecule has 0 bridgehead atoms. The average molecular weight is 861 g/mol. The quantitative estimate of drug-likeness (QED) is 0.137. The van der Waals surface area contributed by atoms with Crippen molar-refractivity contribution in [3.8, 4) is 0 Å². The molecule has 2 aromatic heterocycles. The van der Waals surface area contributed by atoms with Crippen LogP contribution in [0, 0.1) is 0 Å². The molecule has 4 nitrogen and oxygen atoms in total. The SMILES string of the molecule is CC(C)c1ccc(N(c2ccc(C(C)C)cc2)c2ccc3c(ccc4c5cc6oc7c8ccc(N(c9ccc(C(C)C)cc9)c9ccc(C(C)C)cc9)cc8ccc7c6cc5oc34)c2)cc1. The second-order valence-corrected chi connectivity index (χ2v) is 19.4. The molecule has 0 atom stereocenters. The maximum absolute atomic E-state index is 6.83. The van der Waals surface area contributed by atoms with Crippen LogP contribution in [0.15, 0.2) is 179 Å². The van der Waals surface area contributed by atoms with Crippen LogP contribution in [0.2, 0.25) is 0 Å². The van der Waals surface area contributed by atoms with Crippen molar-refractivity contribution in [2.24, 2.45) is 0 Å². The summed E-state index contributed by atoms with van der Waals surface area (Å²) in [5.74, 6) is 1.87. The second-order valence-electron chi connectivity index (χ2n) is 19.4. The van der Waals surface area contributed by atoms with E-state index < -0.39 is 0 Å². The van der Waals surface area contributed by atoms with Gasteiger partial charge in [0.05, 0.1) is 0 Å².